The van der Waals surface area contributed by atoms with Gasteiger partial charge in [-0.3, -0.25) is 9.69 Å². The van der Waals surface area contributed by atoms with E-state index >= 15 is 0 Å². The van der Waals surface area contributed by atoms with Crippen LogP contribution >= 0.6 is 0 Å². The highest BCUT2D eigenvalue weighted by atomic mass is 16.2. The Hall–Kier alpha value is -1.35. The molecule has 1 aliphatic carbocycles. The van der Waals surface area contributed by atoms with E-state index in [4.69, 9.17) is 0 Å². The lowest BCUT2D eigenvalue weighted by Gasteiger charge is -2.20. The van der Waals surface area contributed by atoms with Crippen LogP contribution in [0.1, 0.15) is 37.3 Å². The fourth-order valence-electron chi connectivity index (χ4n) is 2.70. The molecule has 0 saturated heterocycles. The molecule has 1 fully saturated rings. The van der Waals surface area contributed by atoms with Crippen LogP contribution in [0.4, 0.5) is 0 Å². The van der Waals surface area contributed by atoms with E-state index in [1.54, 1.807) is 0 Å². The van der Waals surface area contributed by atoms with Gasteiger partial charge < -0.3 is 5.32 Å². The first-order valence-corrected chi connectivity index (χ1v) is 8.22. The summed E-state index contributed by atoms with van der Waals surface area (Å²) < 4.78 is 0. The second kappa shape index (κ2) is 8.18. The molecule has 1 aromatic carbocycles. The summed E-state index contributed by atoms with van der Waals surface area (Å²) in [4.78, 5) is 14.4. The summed E-state index contributed by atoms with van der Waals surface area (Å²) in [5.74, 6) is 1.01. The Morgan fingerprint density at radius 2 is 2.10 bits per heavy atom. The first-order valence-electron chi connectivity index (χ1n) is 8.22. The highest BCUT2D eigenvalue weighted by Gasteiger charge is 2.24. The van der Waals surface area contributed by atoms with Crippen LogP contribution in [0.15, 0.2) is 24.3 Å². The molecule has 1 amide bonds. The van der Waals surface area contributed by atoms with Crippen LogP contribution in [0, 0.1) is 12.8 Å². The summed E-state index contributed by atoms with van der Waals surface area (Å²) in [6, 6.07) is 8.37. The zero-order valence-electron chi connectivity index (χ0n) is 13.4. The van der Waals surface area contributed by atoms with Crippen LogP contribution in [0.5, 0.6) is 0 Å². The molecule has 1 aromatic rings. The van der Waals surface area contributed by atoms with Gasteiger partial charge in [0.1, 0.15) is 0 Å². The molecule has 0 aliphatic heterocycles. The van der Waals surface area contributed by atoms with E-state index in [9.17, 15) is 4.79 Å². The average Bonchev–Trinajstić information content (AvgIpc) is 3.25. The maximum Gasteiger partial charge on any atom is 0.234 e. The Balaban J connectivity index is 1.69. The van der Waals surface area contributed by atoms with Crippen molar-refractivity contribution < 1.29 is 4.79 Å². The molecule has 0 aromatic heterocycles. The van der Waals surface area contributed by atoms with Gasteiger partial charge in [-0.2, -0.15) is 0 Å². The lowest BCUT2D eigenvalue weighted by atomic mass is 10.1. The van der Waals surface area contributed by atoms with Gasteiger partial charge in [-0.1, -0.05) is 31.2 Å². The predicted octanol–water partition coefficient (Wildman–Crippen LogP) is 2.78. The molecule has 0 unspecified atom stereocenters. The monoisotopic (exact) mass is 288 g/mol. The lowest BCUT2D eigenvalue weighted by molar-refractivity contribution is -0.122. The maximum atomic E-state index is 12.1. The highest BCUT2D eigenvalue weighted by molar-refractivity contribution is 5.78. The van der Waals surface area contributed by atoms with E-state index in [-0.39, 0.29) is 5.91 Å². The molecule has 0 spiro atoms. The van der Waals surface area contributed by atoms with Crippen LogP contribution < -0.4 is 5.32 Å². The molecule has 1 saturated carbocycles. The van der Waals surface area contributed by atoms with E-state index in [1.807, 2.05) is 0 Å². The van der Waals surface area contributed by atoms with Gasteiger partial charge in [0.05, 0.1) is 6.54 Å². The Labute approximate surface area is 128 Å². The molecule has 3 nitrogen and oxygen atoms in total. The normalized spacial score (nSPS) is 14.4. The van der Waals surface area contributed by atoms with Crippen molar-refractivity contribution >= 4 is 5.91 Å². The summed E-state index contributed by atoms with van der Waals surface area (Å²) in [6.07, 6.45) is 4.71. The number of benzene rings is 1. The minimum atomic E-state index is 0.165. The first-order chi connectivity index (χ1) is 10.2. The van der Waals surface area contributed by atoms with Crippen molar-refractivity contribution in [1.82, 2.24) is 10.2 Å². The Kier molecular flexibility index (Phi) is 6.24. The third-order valence-electron chi connectivity index (χ3n) is 4.10. The summed E-state index contributed by atoms with van der Waals surface area (Å²) >= 11 is 0. The van der Waals surface area contributed by atoms with Crippen molar-refractivity contribution in [2.75, 3.05) is 26.2 Å². The zero-order valence-corrected chi connectivity index (χ0v) is 13.4. The lowest BCUT2D eigenvalue weighted by Crippen LogP contribution is -2.39. The largest absolute Gasteiger partial charge is 0.355 e. The van der Waals surface area contributed by atoms with Crippen LogP contribution in [0.3, 0.4) is 0 Å². The molecular formula is C18H28N2O. The van der Waals surface area contributed by atoms with Crippen LogP contribution in [-0.4, -0.2) is 37.0 Å². The number of carbonyl (C=O) groups excluding carboxylic acids is 1. The fraction of sp³-hybridized carbons (Fsp3) is 0.611. The van der Waals surface area contributed by atoms with Crippen molar-refractivity contribution in [1.29, 1.82) is 0 Å². The molecule has 1 aliphatic rings. The highest BCUT2D eigenvalue weighted by Crippen LogP contribution is 2.29. The topological polar surface area (TPSA) is 32.3 Å². The van der Waals surface area contributed by atoms with E-state index in [0.717, 1.165) is 38.4 Å². The van der Waals surface area contributed by atoms with Gasteiger partial charge in [-0.05, 0) is 56.2 Å². The van der Waals surface area contributed by atoms with Crippen molar-refractivity contribution in [3.05, 3.63) is 35.4 Å². The van der Waals surface area contributed by atoms with Gasteiger partial charge in [-0.25, -0.2) is 0 Å². The second-order valence-corrected chi connectivity index (χ2v) is 6.20. The van der Waals surface area contributed by atoms with Crippen molar-refractivity contribution in [3.63, 3.8) is 0 Å². The summed E-state index contributed by atoms with van der Waals surface area (Å²) in [5.41, 5.74) is 2.62. The van der Waals surface area contributed by atoms with Gasteiger partial charge in [0, 0.05) is 13.1 Å². The molecule has 116 valence electrons. The fourth-order valence-corrected chi connectivity index (χ4v) is 2.70. The maximum absolute atomic E-state index is 12.1. The molecule has 0 bridgehead atoms. The molecular weight excluding hydrogens is 260 g/mol. The third-order valence-corrected chi connectivity index (χ3v) is 4.10. The number of nitrogens with one attached hydrogen (secondary N) is 1. The van der Waals surface area contributed by atoms with Crippen LogP contribution in [-0.2, 0) is 11.2 Å². The predicted molar refractivity (Wildman–Crippen MR) is 87.3 cm³/mol. The van der Waals surface area contributed by atoms with Crippen LogP contribution in [0.25, 0.3) is 0 Å². The first kappa shape index (κ1) is 16.0. The minimum Gasteiger partial charge on any atom is -0.355 e. The van der Waals surface area contributed by atoms with Gasteiger partial charge in [0.25, 0.3) is 0 Å². The molecule has 0 atom stereocenters. The Morgan fingerprint density at radius 3 is 2.76 bits per heavy atom. The number of aryl methyl sites for hydroxylation is 1. The summed E-state index contributed by atoms with van der Waals surface area (Å²) in [7, 11) is 0. The molecule has 2 rings (SSSR count). The van der Waals surface area contributed by atoms with Crippen molar-refractivity contribution in [2.24, 2.45) is 5.92 Å². The molecule has 21 heavy (non-hydrogen) atoms. The number of hydrogen-bond acceptors (Lipinski definition) is 2. The quantitative estimate of drug-likeness (QED) is 0.758. The number of rotatable bonds is 9. The van der Waals surface area contributed by atoms with Crippen LogP contribution in [0.2, 0.25) is 0 Å². The third kappa shape index (κ3) is 5.88. The second-order valence-electron chi connectivity index (χ2n) is 6.20. The van der Waals surface area contributed by atoms with E-state index < -0.39 is 0 Å². The van der Waals surface area contributed by atoms with Gasteiger partial charge in [0.2, 0.25) is 5.91 Å². The SMILES string of the molecule is CCCN(CC(=O)NCCc1ccccc1C)CC1CC1. The summed E-state index contributed by atoms with van der Waals surface area (Å²) in [6.45, 7) is 7.71. The van der Waals surface area contributed by atoms with E-state index in [0.29, 0.717) is 6.54 Å². The van der Waals surface area contributed by atoms with E-state index in [2.05, 4.69) is 48.3 Å². The van der Waals surface area contributed by atoms with E-state index in [1.165, 1.54) is 24.0 Å². The molecule has 3 heteroatoms. The van der Waals surface area contributed by atoms with Crippen molar-refractivity contribution in [3.8, 4) is 0 Å². The van der Waals surface area contributed by atoms with Crippen molar-refractivity contribution in [2.45, 2.75) is 39.5 Å². The number of hydrogen-bond donors (Lipinski definition) is 1. The molecule has 0 radical (unpaired) electrons. The number of nitrogens with zero attached hydrogens (tertiary/aromatic N) is 1. The number of amides is 1. The standard InChI is InChI=1S/C18H28N2O/c1-3-12-20(13-16-8-9-16)14-18(21)19-11-10-17-7-5-4-6-15(17)2/h4-7,16H,3,8-14H2,1-2H3,(H,19,21). The minimum absolute atomic E-state index is 0.165. The molecule has 1 N–H and O–H groups in total. The van der Waals surface area contributed by atoms with Gasteiger partial charge >= 0.3 is 0 Å². The Morgan fingerprint density at radius 1 is 1.33 bits per heavy atom. The average molecular weight is 288 g/mol. The zero-order chi connectivity index (χ0) is 15.1. The summed E-state index contributed by atoms with van der Waals surface area (Å²) in [5, 5.41) is 3.06. The molecule has 0 heterocycles. The van der Waals surface area contributed by atoms with Gasteiger partial charge in [-0.15, -0.1) is 0 Å². The Bertz CT molecular complexity index is 454. The number of carbonyl (C=O) groups is 1. The van der Waals surface area contributed by atoms with Gasteiger partial charge in [0.15, 0.2) is 0 Å². The smallest absolute Gasteiger partial charge is 0.234 e.